The van der Waals surface area contributed by atoms with Gasteiger partial charge in [-0.3, -0.25) is 4.79 Å². The first-order chi connectivity index (χ1) is 7.54. The lowest BCUT2D eigenvalue weighted by Gasteiger charge is -2.43. The average Bonchev–Trinajstić information content (AvgIpc) is 2.26. The molecule has 0 aromatic rings. The molecule has 3 heteroatoms. The summed E-state index contributed by atoms with van der Waals surface area (Å²) in [6.07, 6.45) is 5.02. The highest BCUT2D eigenvalue weighted by Gasteiger charge is 2.47. The van der Waals surface area contributed by atoms with E-state index in [1.165, 1.54) is 6.42 Å². The molecule has 0 radical (unpaired) electrons. The molecule has 0 spiro atoms. The number of carbonyl (C=O) groups is 1. The molecule has 2 atom stereocenters. The van der Waals surface area contributed by atoms with Gasteiger partial charge in [0.15, 0.2) is 0 Å². The van der Waals surface area contributed by atoms with Crippen molar-refractivity contribution in [3.8, 4) is 0 Å². The Morgan fingerprint density at radius 1 is 1.50 bits per heavy atom. The van der Waals surface area contributed by atoms with E-state index in [1.54, 1.807) is 0 Å². The van der Waals surface area contributed by atoms with Crippen LogP contribution in [-0.2, 0) is 4.79 Å². The number of aliphatic carboxylic acids is 1. The summed E-state index contributed by atoms with van der Waals surface area (Å²) in [5.41, 5.74) is -0.664. The summed E-state index contributed by atoms with van der Waals surface area (Å²) in [5, 5.41) is 12.9. The van der Waals surface area contributed by atoms with Crippen LogP contribution >= 0.6 is 0 Å². The molecule has 0 saturated heterocycles. The molecule has 2 unspecified atom stereocenters. The average molecular weight is 227 g/mol. The van der Waals surface area contributed by atoms with Crippen LogP contribution in [0.15, 0.2) is 0 Å². The molecule has 1 aliphatic carbocycles. The molecule has 1 saturated carbocycles. The fourth-order valence-corrected chi connectivity index (χ4v) is 3.01. The quantitative estimate of drug-likeness (QED) is 0.759. The van der Waals surface area contributed by atoms with Gasteiger partial charge in [0.2, 0.25) is 0 Å². The normalized spacial score (nSPS) is 30.6. The van der Waals surface area contributed by atoms with Crippen LogP contribution in [0.3, 0.4) is 0 Å². The summed E-state index contributed by atoms with van der Waals surface area (Å²) in [6, 6.07) is 0. The highest BCUT2D eigenvalue weighted by atomic mass is 16.4. The van der Waals surface area contributed by atoms with Gasteiger partial charge in [-0.1, -0.05) is 33.6 Å². The predicted octanol–water partition coefficient (Wildman–Crippen LogP) is 2.66. The Morgan fingerprint density at radius 3 is 2.69 bits per heavy atom. The highest BCUT2D eigenvalue weighted by molar-refractivity contribution is 5.79. The van der Waals surface area contributed by atoms with E-state index in [0.717, 1.165) is 32.2 Å². The van der Waals surface area contributed by atoms with Gasteiger partial charge in [0.25, 0.3) is 0 Å². The maximum absolute atomic E-state index is 11.6. The van der Waals surface area contributed by atoms with Crippen molar-refractivity contribution in [1.29, 1.82) is 0 Å². The smallest absolute Gasteiger partial charge is 0.324 e. The van der Waals surface area contributed by atoms with Crippen LogP contribution in [0.4, 0.5) is 0 Å². The van der Waals surface area contributed by atoms with Crippen LogP contribution < -0.4 is 5.32 Å². The summed E-state index contributed by atoms with van der Waals surface area (Å²) in [4.78, 5) is 11.6. The van der Waals surface area contributed by atoms with Crippen molar-refractivity contribution in [2.75, 3.05) is 6.54 Å². The van der Waals surface area contributed by atoms with Crippen molar-refractivity contribution in [2.24, 2.45) is 11.8 Å². The largest absolute Gasteiger partial charge is 0.480 e. The van der Waals surface area contributed by atoms with Gasteiger partial charge in [0.05, 0.1) is 0 Å². The van der Waals surface area contributed by atoms with E-state index in [0.29, 0.717) is 5.92 Å². The van der Waals surface area contributed by atoms with Crippen molar-refractivity contribution in [2.45, 2.75) is 58.4 Å². The molecule has 94 valence electrons. The number of rotatable bonds is 5. The van der Waals surface area contributed by atoms with Gasteiger partial charge in [-0.15, -0.1) is 0 Å². The first-order valence-electron chi connectivity index (χ1n) is 6.53. The summed E-state index contributed by atoms with van der Waals surface area (Å²) in [7, 11) is 0. The first-order valence-corrected chi connectivity index (χ1v) is 6.53. The Kier molecular flexibility index (Phi) is 4.78. The fraction of sp³-hybridized carbons (Fsp3) is 0.923. The van der Waals surface area contributed by atoms with Crippen molar-refractivity contribution < 1.29 is 9.90 Å². The van der Waals surface area contributed by atoms with E-state index in [4.69, 9.17) is 0 Å². The molecule has 2 N–H and O–H groups in total. The molecular weight excluding hydrogens is 202 g/mol. The highest BCUT2D eigenvalue weighted by Crippen LogP contribution is 2.38. The molecule has 16 heavy (non-hydrogen) atoms. The molecule has 0 aromatic carbocycles. The molecule has 1 fully saturated rings. The molecule has 0 aromatic heterocycles. The minimum Gasteiger partial charge on any atom is -0.480 e. The maximum atomic E-state index is 11.6. The lowest BCUT2D eigenvalue weighted by Crippen LogP contribution is -2.60. The number of carboxylic acids is 1. The second-order valence-corrected chi connectivity index (χ2v) is 5.30. The van der Waals surface area contributed by atoms with E-state index in [1.807, 2.05) is 0 Å². The molecule has 0 aliphatic heterocycles. The van der Waals surface area contributed by atoms with E-state index in [9.17, 15) is 9.90 Å². The van der Waals surface area contributed by atoms with Crippen LogP contribution in [0.1, 0.15) is 52.9 Å². The van der Waals surface area contributed by atoms with Crippen molar-refractivity contribution in [3.63, 3.8) is 0 Å². The third-order valence-electron chi connectivity index (χ3n) is 3.85. The summed E-state index contributed by atoms with van der Waals surface area (Å²) in [5.74, 6) is 0.0467. The van der Waals surface area contributed by atoms with Crippen molar-refractivity contribution in [3.05, 3.63) is 0 Å². The third kappa shape index (κ3) is 2.57. The second-order valence-electron chi connectivity index (χ2n) is 5.30. The minimum absolute atomic E-state index is 0.269. The zero-order valence-corrected chi connectivity index (χ0v) is 10.8. The lowest BCUT2D eigenvalue weighted by atomic mass is 9.68. The van der Waals surface area contributed by atoms with Crippen molar-refractivity contribution in [1.82, 2.24) is 5.32 Å². The van der Waals surface area contributed by atoms with Gasteiger partial charge < -0.3 is 10.4 Å². The minimum atomic E-state index is -0.664. The second kappa shape index (κ2) is 5.67. The summed E-state index contributed by atoms with van der Waals surface area (Å²) < 4.78 is 0. The van der Waals surface area contributed by atoms with Crippen LogP contribution in [0, 0.1) is 11.8 Å². The van der Waals surface area contributed by atoms with Crippen molar-refractivity contribution >= 4 is 5.97 Å². The Labute approximate surface area is 98.6 Å². The summed E-state index contributed by atoms with van der Waals surface area (Å²) >= 11 is 0. The SMILES string of the molecule is CCCNC1(C(=O)O)CCCCC1C(C)C. The predicted molar refractivity (Wildman–Crippen MR) is 65.5 cm³/mol. The molecule has 1 rings (SSSR count). The zero-order valence-electron chi connectivity index (χ0n) is 10.8. The van der Waals surface area contributed by atoms with Gasteiger partial charge in [-0.05, 0) is 37.6 Å². The lowest BCUT2D eigenvalue weighted by molar-refractivity contribution is -0.150. The Morgan fingerprint density at radius 2 is 2.19 bits per heavy atom. The van der Waals surface area contributed by atoms with Gasteiger partial charge in [-0.2, -0.15) is 0 Å². The molecule has 0 amide bonds. The number of hydrogen-bond donors (Lipinski definition) is 2. The van der Waals surface area contributed by atoms with Crippen LogP contribution in [0.25, 0.3) is 0 Å². The molecule has 1 aliphatic rings. The Hall–Kier alpha value is -0.570. The van der Waals surface area contributed by atoms with E-state index < -0.39 is 11.5 Å². The number of nitrogens with one attached hydrogen (secondary N) is 1. The van der Waals surface area contributed by atoms with Crippen LogP contribution in [-0.4, -0.2) is 23.2 Å². The van der Waals surface area contributed by atoms with Crippen LogP contribution in [0.2, 0.25) is 0 Å². The fourth-order valence-electron chi connectivity index (χ4n) is 3.01. The van der Waals surface area contributed by atoms with Gasteiger partial charge >= 0.3 is 5.97 Å². The van der Waals surface area contributed by atoms with E-state index >= 15 is 0 Å². The first kappa shape index (κ1) is 13.5. The van der Waals surface area contributed by atoms with Crippen LogP contribution in [0.5, 0.6) is 0 Å². The Bertz CT molecular complexity index is 240. The molecule has 3 nitrogen and oxygen atoms in total. The number of hydrogen-bond acceptors (Lipinski definition) is 2. The maximum Gasteiger partial charge on any atom is 0.324 e. The zero-order chi connectivity index (χ0) is 12.2. The molecule has 0 bridgehead atoms. The monoisotopic (exact) mass is 227 g/mol. The standard InChI is InChI=1S/C13H25NO2/c1-4-9-14-13(12(15)16)8-6-5-7-11(13)10(2)3/h10-11,14H,4-9H2,1-3H3,(H,15,16). The molecule has 0 heterocycles. The number of carboxylic acid groups (broad SMARTS) is 1. The molecular formula is C13H25NO2. The van der Waals surface area contributed by atoms with E-state index in [2.05, 4.69) is 26.1 Å². The van der Waals surface area contributed by atoms with Gasteiger partial charge in [0, 0.05) is 0 Å². The van der Waals surface area contributed by atoms with Gasteiger partial charge in [0.1, 0.15) is 5.54 Å². The third-order valence-corrected chi connectivity index (χ3v) is 3.85. The topological polar surface area (TPSA) is 49.3 Å². The Balaban J connectivity index is 2.88. The van der Waals surface area contributed by atoms with Gasteiger partial charge in [-0.25, -0.2) is 0 Å². The summed E-state index contributed by atoms with van der Waals surface area (Å²) in [6.45, 7) is 7.16. The van der Waals surface area contributed by atoms with E-state index in [-0.39, 0.29) is 5.92 Å².